The van der Waals surface area contributed by atoms with Crippen molar-refractivity contribution in [3.05, 3.63) is 104 Å². The number of nitrogens with zero attached hydrogens (tertiary/aromatic N) is 4. The van der Waals surface area contributed by atoms with E-state index in [9.17, 15) is 14.4 Å². The van der Waals surface area contributed by atoms with Crippen LogP contribution >= 0.6 is 0 Å². The summed E-state index contributed by atoms with van der Waals surface area (Å²) in [4.78, 5) is 42.5. The Morgan fingerprint density at radius 2 is 1.46 bits per heavy atom. The molecule has 8 heteroatoms. The Hall–Kier alpha value is -3.65. The number of cyclic esters (lactones) is 1. The predicted octanol–water partition coefficient (Wildman–Crippen LogP) is 2.24. The lowest BCUT2D eigenvalue weighted by molar-refractivity contribution is -0.172. The molecule has 2 saturated heterocycles. The summed E-state index contributed by atoms with van der Waals surface area (Å²) in [5.74, 6) is 0.145. The predicted molar refractivity (Wildman–Crippen MR) is 137 cm³/mol. The fourth-order valence-electron chi connectivity index (χ4n) is 6.64. The van der Waals surface area contributed by atoms with Gasteiger partial charge in [-0.2, -0.15) is 0 Å². The third-order valence-corrected chi connectivity index (χ3v) is 8.56. The van der Waals surface area contributed by atoms with Gasteiger partial charge in [-0.05, 0) is 41.9 Å². The second-order valence-corrected chi connectivity index (χ2v) is 10.9. The highest BCUT2D eigenvalue weighted by atomic mass is 16.6. The number of ether oxygens (including phenoxy) is 1. The van der Waals surface area contributed by atoms with Crippen LogP contribution in [0.15, 0.2) is 81.9 Å². The second kappa shape index (κ2) is 8.45. The number of morpholine rings is 1. The maximum atomic E-state index is 13.5. The number of aromatic nitrogens is 3. The summed E-state index contributed by atoms with van der Waals surface area (Å²) in [6.45, 7) is 0.589. The molecule has 2 aromatic carbocycles. The second-order valence-electron chi connectivity index (χ2n) is 10.9. The molecule has 3 fully saturated rings. The summed E-state index contributed by atoms with van der Waals surface area (Å²) < 4.78 is 10.8. The van der Waals surface area contributed by atoms with E-state index in [1.54, 1.807) is 16.4 Å². The number of carbonyl (C=O) groups excluding carboxylic acids is 1. The van der Waals surface area contributed by atoms with Crippen molar-refractivity contribution in [1.29, 1.82) is 0 Å². The molecule has 0 unspecified atom stereocenters. The zero-order chi connectivity index (χ0) is 25.3. The van der Waals surface area contributed by atoms with Crippen molar-refractivity contribution in [1.82, 2.24) is 18.8 Å². The average Bonchev–Trinajstić information content (AvgIpc) is 3.65. The Bertz CT molecular complexity index is 1500. The van der Waals surface area contributed by atoms with Gasteiger partial charge < -0.3 is 4.74 Å². The first-order valence-electron chi connectivity index (χ1n) is 13.2. The number of hydrogen-bond donors (Lipinski definition) is 0. The minimum Gasteiger partial charge on any atom is -0.459 e. The summed E-state index contributed by atoms with van der Waals surface area (Å²) in [5.41, 5.74) is 2.68. The number of carbonyl (C=O) groups is 1. The number of hydrogen-bond acceptors (Lipinski definition) is 5. The van der Waals surface area contributed by atoms with Crippen molar-refractivity contribution in [2.75, 3.05) is 6.54 Å². The summed E-state index contributed by atoms with van der Waals surface area (Å²) in [5, 5.41) is 0. The lowest BCUT2D eigenvalue weighted by atomic mass is 9.90. The van der Waals surface area contributed by atoms with Crippen molar-refractivity contribution < 1.29 is 9.53 Å². The molecular formula is C29H30N4O4. The van der Waals surface area contributed by atoms with Crippen molar-refractivity contribution in [3.8, 4) is 0 Å². The van der Waals surface area contributed by atoms with Crippen LogP contribution in [-0.4, -0.2) is 49.5 Å². The van der Waals surface area contributed by atoms with Gasteiger partial charge in [-0.1, -0.05) is 66.7 Å². The van der Waals surface area contributed by atoms with E-state index < -0.39 is 12.1 Å². The molecule has 4 heterocycles. The first-order chi connectivity index (χ1) is 18.0. The van der Waals surface area contributed by atoms with Crippen LogP contribution in [0.2, 0.25) is 0 Å². The van der Waals surface area contributed by atoms with Crippen LogP contribution in [0, 0.1) is 5.92 Å². The van der Waals surface area contributed by atoms with Gasteiger partial charge in [0.1, 0.15) is 12.1 Å². The first-order valence-corrected chi connectivity index (χ1v) is 13.2. The Morgan fingerprint density at radius 3 is 2.11 bits per heavy atom. The quantitative estimate of drug-likeness (QED) is 0.398. The molecule has 4 aliphatic rings. The van der Waals surface area contributed by atoms with E-state index in [2.05, 4.69) is 11.0 Å². The molecular weight excluding hydrogens is 468 g/mol. The van der Waals surface area contributed by atoms with Gasteiger partial charge in [-0.25, -0.2) is 23.5 Å². The standard InChI is InChI=1S/C29H30N4O4/c1-30-28(35)32-22(20-12-13-20)16-21-17-31-23(14-18-8-4-2-5-9-18)27(34)37-24(15-19-10-6-3-7-11-19)26(31)25(21)33(32)29(30)36/h2-11,16,20,22-26H,12-15,17H2,1H3/t22-,23-,24-,25+,26-/m0/s1. The molecule has 3 aromatic rings. The SMILES string of the molecule is Cn1c(=O)n2n(c1=O)[C@H](C1CC1)C=C1CN3[C@@H]([C@H](Cc4ccccc4)OC(=O)[C@@H]3Cc3ccccc3)[C@@H]12. The molecule has 1 aliphatic carbocycles. The first kappa shape index (κ1) is 22.5. The van der Waals surface area contributed by atoms with Gasteiger partial charge in [0, 0.05) is 20.0 Å². The molecule has 190 valence electrons. The van der Waals surface area contributed by atoms with Gasteiger partial charge in [0.25, 0.3) is 0 Å². The van der Waals surface area contributed by atoms with E-state index in [0.29, 0.717) is 25.3 Å². The van der Waals surface area contributed by atoms with E-state index in [1.807, 2.05) is 60.7 Å². The van der Waals surface area contributed by atoms with Crippen LogP contribution in [0.3, 0.4) is 0 Å². The minimum atomic E-state index is -0.454. The summed E-state index contributed by atoms with van der Waals surface area (Å²) in [7, 11) is 1.56. The van der Waals surface area contributed by atoms with Crippen LogP contribution in [0.1, 0.15) is 36.1 Å². The number of rotatable bonds is 5. The number of fused-ring (bicyclic) bond motifs is 5. The highest BCUT2D eigenvalue weighted by Gasteiger charge is 2.56. The van der Waals surface area contributed by atoms with Crippen LogP contribution in [0.25, 0.3) is 0 Å². The van der Waals surface area contributed by atoms with E-state index in [0.717, 1.165) is 29.5 Å². The van der Waals surface area contributed by atoms with Gasteiger partial charge in [-0.3, -0.25) is 9.69 Å². The highest BCUT2D eigenvalue weighted by molar-refractivity contribution is 5.78. The average molecular weight is 499 g/mol. The summed E-state index contributed by atoms with van der Waals surface area (Å²) in [6, 6.07) is 18.8. The monoisotopic (exact) mass is 498 g/mol. The van der Waals surface area contributed by atoms with Crippen LogP contribution in [0.5, 0.6) is 0 Å². The maximum absolute atomic E-state index is 13.5. The van der Waals surface area contributed by atoms with Gasteiger partial charge in [0.05, 0.1) is 18.1 Å². The molecule has 0 radical (unpaired) electrons. The summed E-state index contributed by atoms with van der Waals surface area (Å²) in [6.07, 6.45) is 4.97. The molecule has 0 bridgehead atoms. The van der Waals surface area contributed by atoms with E-state index in [1.165, 1.54) is 4.57 Å². The van der Waals surface area contributed by atoms with Gasteiger partial charge >= 0.3 is 17.3 Å². The molecule has 0 spiro atoms. The molecule has 3 aliphatic heterocycles. The fourth-order valence-corrected chi connectivity index (χ4v) is 6.64. The van der Waals surface area contributed by atoms with Crippen LogP contribution in [-0.2, 0) is 29.4 Å². The van der Waals surface area contributed by atoms with Crippen molar-refractivity contribution in [3.63, 3.8) is 0 Å². The fraction of sp³-hybridized carbons (Fsp3) is 0.414. The van der Waals surface area contributed by atoms with Crippen LogP contribution in [0.4, 0.5) is 0 Å². The van der Waals surface area contributed by atoms with Gasteiger partial charge in [0.15, 0.2) is 0 Å². The third-order valence-electron chi connectivity index (χ3n) is 8.56. The Balaban J connectivity index is 1.35. The van der Waals surface area contributed by atoms with E-state index >= 15 is 0 Å². The van der Waals surface area contributed by atoms with Crippen LogP contribution < -0.4 is 11.4 Å². The van der Waals surface area contributed by atoms with Crippen molar-refractivity contribution >= 4 is 5.97 Å². The highest BCUT2D eigenvalue weighted by Crippen LogP contribution is 2.48. The van der Waals surface area contributed by atoms with Crippen molar-refractivity contribution in [2.45, 2.75) is 56.0 Å². The zero-order valence-electron chi connectivity index (χ0n) is 20.8. The molecule has 8 nitrogen and oxygen atoms in total. The number of benzene rings is 2. The molecule has 1 saturated carbocycles. The number of allylic oxidation sites excluding steroid dienone is 1. The summed E-state index contributed by atoms with van der Waals surface area (Å²) >= 11 is 0. The molecule has 37 heavy (non-hydrogen) atoms. The molecule has 5 atom stereocenters. The minimum absolute atomic E-state index is 0.120. The molecule has 0 N–H and O–H groups in total. The largest absolute Gasteiger partial charge is 0.459 e. The Kier molecular flexibility index (Phi) is 5.15. The third kappa shape index (κ3) is 3.57. The van der Waals surface area contributed by atoms with E-state index in [-0.39, 0.29) is 35.5 Å². The topological polar surface area (TPSA) is 78.5 Å². The molecule has 7 rings (SSSR count). The van der Waals surface area contributed by atoms with Gasteiger partial charge in [0.2, 0.25) is 0 Å². The molecule has 0 amide bonds. The Morgan fingerprint density at radius 1 is 0.838 bits per heavy atom. The lowest BCUT2D eigenvalue weighted by Crippen LogP contribution is -2.60. The van der Waals surface area contributed by atoms with Gasteiger partial charge in [-0.15, -0.1) is 0 Å². The van der Waals surface area contributed by atoms with Crippen molar-refractivity contribution in [2.24, 2.45) is 13.0 Å². The van der Waals surface area contributed by atoms with E-state index in [4.69, 9.17) is 4.74 Å². The molecule has 1 aromatic heterocycles. The Labute approximate surface area is 214 Å². The normalized spacial score (nSPS) is 28.7. The lowest BCUT2D eigenvalue weighted by Gasteiger charge is -2.43. The number of esters is 1. The smallest absolute Gasteiger partial charge is 0.347 e. The maximum Gasteiger partial charge on any atom is 0.347 e. The zero-order valence-corrected chi connectivity index (χ0v) is 20.8.